The molecule has 2 heterocycles. The number of nitrogens with one attached hydrogen (secondary N) is 2. The second kappa shape index (κ2) is 7.96. The van der Waals surface area contributed by atoms with Crippen LogP contribution in [0.15, 0.2) is 0 Å². The molecular formula is C15H29N3O2. The summed E-state index contributed by atoms with van der Waals surface area (Å²) < 4.78 is 5.77. The van der Waals surface area contributed by atoms with Crippen LogP contribution in [0.2, 0.25) is 0 Å². The Balaban J connectivity index is 1.79. The van der Waals surface area contributed by atoms with Gasteiger partial charge in [0, 0.05) is 26.1 Å². The largest absolute Gasteiger partial charge is 0.375 e. The minimum absolute atomic E-state index is 0.150. The van der Waals surface area contributed by atoms with E-state index in [0.717, 1.165) is 45.6 Å². The third-order valence-electron chi connectivity index (χ3n) is 4.45. The molecule has 0 aliphatic carbocycles. The molecule has 0 aromatic heterocycles. The summed E-state index contributed by atoms with van der Waals surface area (Å²) in [6, 6.07) is 0.157. The zero-order valence-electron chi connectivity index (χ0n) is 12.9. The topological polar surface area (TPSA) is 53.6 Å². The quantitative estimate of drug-likeness (QED) is 0.749. The molecule has 5 nitrogen and oxygen atoms in total. The molecule has 2 aliphatic heterocycles. The van der Waals surface area contributed by atoms with Crippen molar-refractivity contribution in [3.63, 3.8) is 0 Å². The first kappa shape index (κ1) is 15.7. The molecule has 2 saturated heterocycles. The van der Waals surface area contributed by atoms with Crippen molar-refractivity contribution in [3.8, 4) is 0 Å². The molecule has 0 bridgehead atoms. The first-order valence-corrected chi connectivity index (χ1v) is 8.07. The van der Waals surface area contributed by atoms with Crippen LogP contribution in [0.1, 0.15) is 33.1 Å². The van der Waals surface area contributed by atoms with E-state index in [1.165, 1.54) is 0 Å². The van der Waals surface area contributed by atoms with Gasteiger partial charge < -0.3 is 15.4 Å². The van der Waals surface area contributed by atoms with Gasteiger partial charge in [0.1, 0.15) is 0 Å². The normalized spacial score (nSPS) is 28.7. The maximum Gasteiger partial charge on any atom is 0.220 e. The summed E-state index contributed by atoms with van der Waals surface area (Å²) in [5, 5.41) is 6.54. The van der Waals surface area contributed by atoms with Gasteiger partial charge in [0.2, 0.25) is 5.91 Å². The van der Waals surface area contributed by atoms with E-state index in [4.69, 9.17) is 4.74 Å². The lowest BCUT2D eigenvalue weighted by Crippen LogP contribution is -2.45. The van der Waals surface area contributed by atoms with Gasteiger partial charge in [0.15, 0.2) is 0 Å². The van der Waals surface area contributed by atoms with Crippen LogP contribution >= 0.6 is 0 Å². The van der Waals surface area contributed by atoms with Crippen LogP contribution < -0.4 is 10.6 Å². The van der Waals surface area contributed by atoms with Gasteiger partial charge in [-0.25, -0.2) is 0 Å². The molecule has 116 valence electrons. The highest BCUT2D eigenvalue weighted by molar-refractivity contribution is 5.76. The molecule has 20 heavy (non-hydrogen) atoms. The van der Waals surface area contributed by atoms with Crippen LogP contribution in [0.3, 0.4) is 0 Å². The van der Waals surface area contributed by atoms with Crippen LogP contribution in [0.4, 0.5) is 0 Å². The van der Waals surface area contributed by atoms with Crippen molar-refractivity contribution in [1.82, 2.24) is 15.5 Å². The molecule has 0 aromatic carbocycles. The van der Waals surface area contributed by atoms with E-state index in [-0.39, 0.29) is 18.1 Å². The van der Waals surface area contributed by atoms with Crippen LogP contribution in [0.25, 0.3) is 0 Å². The Morgan fingerprint density at radius 2 is 2.05 bits per heavy atom. The highest BCUT2D eigenvalue weighted by Crippen LogP contribution is 2.17. The van der Waals surface area contributed by atoms with Gasteiger partial charge in [0.25, 0.3) is 0 Å². The van der Waals surface area contributed by atoms with Gasteiger partial charge in [-0.1, -0.05) is 6.92 Å². The summed E-state index contributed by atoms with van der Waals surface area (Å²) in [7, 11) is 0. The summed E-state index contributed by atoms with van der Waals surface area (Å²) in [5.74, 6) is 0.745. The monoisotopic (exact) mass is 283 g/mol. The van der Waals surface area contributed by atoms with Crippen molar-refractivity contribution >= 4 is 5.91 Å². The van der Waals surface area contributed by atoms with Crippen LogP contribution in [-0.2, 0) is 9.53 Å². The molecule has 0 unspecified atom stereocenters. The SMILES string of the molecule is CCO[C@H]1CN(CC)C[C@@H]1NC(=O)CC1CCNCC1. The Bertz CT molecular complexity index is 305. The average molecular weight is 283 g/mol. The third-order valence-corrected chi connectivity index (χ3v) is 4.45. The number of carbonyl (C=O) groups is 1. The van der Waals surface area contributed by atoms with Crippen molar-refractivity contribution in [1.29, 1.82) is 0 Å². The lowest BCUT2D eigenvalue weighted by molar-refractivity contribution is -0.123. The van der Waals surface area contributed by atoms with Crippen LogP contribution in [0, 0.1) is 5.92 Å². The lowest BCUT2D eigenvalue weighted by atomic mass is 9.94. The predicted octanol–water partition coefficient (Wildman–Crippen LogP) is 0.602. The predicted molar refractivity (Wildman–Crippen MR) is 79.7 cm³/mol. The number of likely N-dealkylation sites (N-methyl/N-ethyl adjacent to an activating group) is 1. The Hall–Kier alpha value is -0.650. The van der Waals surface area contributed by atoms with Crippen molar-refractivity contribution in [2.45, 2.75) is 45.3 Å². The van der Waals surface area contributed by atoms with E-state index in [1.54, 1.807) is 0 Å². The Morgan fingerprint density at radius 3 is 2.70 bits per heavy atom. The number of hydrogen-bond donors (Lipinski definition) is 2. The molecule has 5 heteroatoms. The zero-order valence-corrected chi connectivity index (χ0v) is 12.9. The lowest BCUT2D eigenvalue weighted by Gasteiger charge is -2.24. The standard InChI is InChI=1S/C15H29N3O2/c1-3-18-10-13(14(11-18)20-4-2)17-15(19)9-12-5-7-16-8-6-12/h12-14,16H,3-11H2,1-2H3,(H,17,19)/t13-,14-/m0/s1. The molecule has 2 fully saturated rings. The molecule has 0 saturated carbocycles. The molecule has 1 amide bonds. The number of amides is 1. The Labute approximate surface area is 122 Å². The fraction of sp³-hybridized carbons (Fsp3) is 0.933. The molecule has 2 N–H and O–H groups in total. The van der Waals surface area contributed by atoms with E-state index in [2.05, 4.69) is 22.5 Å². The van der Waals surface area contributed by atoms with Crippen molar-refractivity contribution < 1.29 is 9.53 Å². The number of piperidine rings is 1. The summed E-state index contributed by atoms with van der Waals surface area (Å²) in [5.41, 5.74) is 0. The Morgan fingerprint density at radius 1 is 1.30 bits per heavy atom. The maximum atomic E-state index is 12.2. The number of ether oxygens (including phenoxy) is 1. The molecule has 2 atom stereocenters. The second-order valence-electron chi connectivity index (χ2n) is 5.92. The zero-order chi connectivity index (χ0) is 14.4. The average Bonchev–Trinajstić information content (AvgIpc) is 2.82. The Kier molecular flexibility index (Phi) is 6.26. The van der Waals surface area contributed by atoms with Gasteiger partial charge in [-0.15, -0.1) is 0 Å². The second-order valence-corrected chi connectivity index (χ2v) is 5.92. The highest BCUT2D eigenvalue weighted by atomic mass is 16.5. The van der Waals surface area contributed by atoms with E-state index in [1.807, 2.05) is 6.92 Å². The smallest absolute Gasteiger partial charge is 0.220 e. The van der Waals surface area contributed by atoms with E-state index >= 15 is 0 Å². The van der Waals surface area contributed by atoms with Gasteiger partial charge in [-0.3, -0.25) is 9.69 Å². The fourth-order valence-electron chi connectivity index (χ4n) is 3.25. The maximum absolute atomic E-state index is 12.2. The van der Waals surface area contributed by atoms with Gasteiger partial charge in [-0.2, -0.15) is 0 Å². The summed E-state index contributed by atoms with van der Waals surface area (Å²) in [4.78, 5) is 14.5. The summed E-state index contributed by atoms with van der Waals surface area (Å²) in [6.45, 7) is 9.85. The number of carbonyl (C=O) groups excluding carboxylic acids is 1. The van der Waals surface area contributed by atoms with E-state index in [9.17, 15) is 4.79 Å². The van der Waals surface area contributed by atoms with Crippen LogP contribution in [0.5, 0.6) is 0 Å². The summed E-state index contributed by atoms with van der Waals surface area (Å²) >= 11 is 0. The van der Waals surface area contributed by atoms with Crippen molar-refractivity contribution in [2.75, 3.05) is 39.3 Å². The molecule has 0 radical (unpaired) electrons. The van der Waals surface area contributed by atoms with Crippen molar-refractivity contribution in [2.24, 2.45) is 5.92 Å². The third kappa shape index (κ3) is 4.43. The minimum atomic E-state index is 0.150. The van der Waals surface area contributed by atoms with Crippen LogP contribution in [-0.4, -0.2) is 62.3 Å². The first-order chi connectivity index (χ1) is 9.72. The minimum Gasteiger partial charge on any atom is -0.375 e. The molecule has 0 aromatic rings. The van der Waals surface area contributed by atoms with Gasteiger partial charge >= 0.3 is 0 Å². The highest BCUT2D eigenvalue weighted by Gasteiger charge is 2.33. The fourth-order valence-corrected chi connectivity index (χ4v) is 3.25. The molecule has 0 spiro atoms. The number of hydrogen-bond acceptors (Lipinski definition) is 4. The number of nitrogens with zero attached hydrogens (tertiary/aromatic N) is 1. The van der Waals surface area contributed by atoms with Gasteiger partial charge in [0.05, 0.1) is 12.1 Å². The van der Waals surface area contributed by atoms with Crippen molar-refractivity contribution in [3.05, 3.63) is 0 Å². The molecule has 2 aliphatic rings. The first-order valence-electron chi connectivity index (χ1n) is 8.07. The number of rotatable bonds is 6. The molecular weight excluding hydrogens is 254 g/mol. The van der Waals surface area contributed by atoms with Gasteiger partial charge in [-0.05, 0) is 45.3 Å². The van der Waals surface area contributed by atoms with E-state index in [0.29, 0.717) is 18.9 Å². The van der Waals surface area contributed by atoms with E-state index < -0.39 is 0 Å². The molecule has 2 rings (SSSR count). The summed E-state index contributed by atoms with van der Waals surface area (Å²) in [6.07, 6.45) is 3.06. The number of likely N-dealkylation sites (tertiary alicyclic amines) is 1.